The zero-order valence-corrected chi connectivity index (χ0v) is 9.69. The molecule has 0 amide bonds. The number of carbonyl (C=O) groups is 1. The molecule has 0 atom stereocenters. The molecule has 0 unspecified atom stereocenters. The van der Waals surface area contributed by atoms with Crippen molar-refractivity contribution in [1.29, 1.82) is 0 Å². The van der Waals surface area contributed by atoms with Crippen LogP contribution in [0.5, 0.6) is 0 Å². The molecular weight excluding hydrogens is 288 g/mol. The Kier molecular flexibility index (Phi) is 2.68. The van der Waals surface area contributed by atoms with Crippen molar-refractivity contribution in [3.8, 4) is 10.8 Å². The van der Waals surface area contributed by atoms with Crippen molar-refractivity contribution < 1.29 is 9.63 Å². The summed E-state index contributed by atoms with van der Waals surface area (Å²) in [5, 5.41) is 18.9. The van der Waals surface area contributed by atoms with Crippen LogP contribution in [-0.4, -0.2) is 36.5 Å². The minimum Gasteiger partial charge on any atom is -0.301 e. The van der Waals surface area contributed by atoms with Gasteiger partial charge in [-0.3, -0.25) is 0 Å². The van der Waals surface area contributed by atoms with Gasteiger partial charge < -0.3 is 4.84 Å². The summed E-state index contributed by atoms with van der Waals surface area (Å²) < 4.78 is 0.612. The molecule has 0 bridgehead atoms. The van der Waals surface area contributed by atoms with Gasteiger partial charge in [-0.2, -0.15) is 0 Å². The molecule has 2 rings (SSSR count). The maximum absolute atomic E-state index is 10.6. The first-order valence-corrected chi connectivity index (χ1v) is 5.24. The lowest BCUT2D eigenvalue weighted by molar-refractivity contribution is -0.145. The highest BCUT2D eigenvalue weighted by Crippen LogP contribution is 2.22. The fourth-order valence-electron chi connectivity index (χ4n) is 0.737. The van der Waals surface area contributed by atoms with E-state index in [1.807, 2.05) is 0 Å². The lowest BCUT2D eigenvalue weighted by atomic mass is 10.7. The SMILES string of the molecule is CC(=O)On1nnc(-c2nnc(Br)s2)n1. The van der Waals surface area contributed by atoms with E-state index in [-0.39, 0.29) is 5.82 Å². The monoisotopic (exact) mass is 290 g/mol. The average molecular weight is 291 g/mol. The van der Waals surface area contributed by atoms with Crippen LogP contribution >= 0.6 is 27.3 Å². The van der Waals surface area contributed by atoms with Gasteiger partial charge in [0.05, 0.1) is 0 Å². The molecule has 2 aromatic rings. The number of aromatic nitrogens is 6. The summed E-state index contributed by atoms with van der Waals surface area (Å²) in [5.41, 5.74) is 0. The Labute approximate surface area is 95.3 Å². The quantitative estimate of drug-likeness (QED) is 0.714. The Morgan fingerprint density at radius 1 is 1.47 bits per heavy atom. The zero-order chi connectivity index (χ0) is 10.8. The molecular formula is C5H3BrN6O2S. The van der Waals surface area contributed by atoms with Gasteiger partial charge in [-0.15, -0.1) is 15.3 Å². The fourth-order valence-corrected chi connectivity index (χ4v) is 1.77. The number of carbonyl (C=O) groups excluding carboxylic acids is 1. The smallest absolute Gasteiger partial charge is 0.301 e. The van der Waals surface area contributed by atoms with Crippen LogP contribution in [-0.2, 0) is 4.79 Å². The van der Waals surface area contributed by atoms with Crippen molar-refractivity contribution in [2.24, 2.45) is 0 Å². The van der Waals surface area contributed by atoms with Gasteiger partial charge >= 0.3 is 5.97 Å². The summed E-state index contributed by atoms with van der Waals surface area (Å²) in [7, 11) is 0. The second-order valence-electron chi connectivity index (χ2n) is 2.31. The summed E-state index contributed by atoms with van der Waals surface area (Å²) in [4.78, 5) is 15.9. The van der Waals surface area contributed by atoms with E-state index in [0.29, 0.717) is 8.92 Å². The number of hydrogen-bond acceptors (Lipinski definition) is 8. The molecule has 15 heavy (non-hydrogen) atoms. The molecule has 0 aliphatic carbocycles. The maximum Gasteiger partial charge on any atom is 0.333 e. The van der Waals surface area contributed by atoms with Gasteiger partial charge in [-0.25, -0.2) is 4.79 Å². The molecule has 8 nitrogen and oxygen atoms in total. The number of halogens is 1. The largest absolute Gasteiger partial charge is 0.333 e. The van der Waals surface area contributed by atoms with E-state index < -0.39 is 5.97 Å². The fraction of sp³-hybridized carbons (Fsp3) is 0.200. The minimum atomic E-state index is -0.530. The lowest BCUT2D eigenvalue weighted by Gasteiger charge is -1.91. The third-order valence-electron chi connectivity index (χ3n) is 1.20. The molecule has 0 saturated heterocycles. The Morgan fingerprint density at radius 2 is 2.27 bits per heavy atom. The Morgan fingerprint density at radius 3 is 2.87 bits per heavy atom. The highest BCUT2D eigenvalue weighted by atomic mass is 79.9. The second kappa shape index (κ2) is 3.98. The summed E-state index contributed by atoms with van der Waals surface area (Å²) in [6.07, 6.45) is 0. The molecule has 0 saturated carbocycles. The minimum absolute atomic E-state index is 0.249. The van der Waals surface area contributed by atoms with Crippen LogP contribution in [0.1, 0.15) is 6.92 Å². The highest BCUT2D eigenvalue weighted by Gasteiger charge is 2.12. The normalized spacial score (nSPS) is 10.3. The first-order valence-electron chi connectivity index (χ1n) is 3.63. The number of tetrazole rings is 1. The van der Waals surface area contributed by atoms with Crippen molar-refractivity contribution in [1.82, 2.24) is 30.6 Å². The molecule has 0 aliphatic heterocycles. The standard InChI is InChI=1S/C5H3BrN6O2S/c1-2(13)14-12-10-3(7-11-12)4-8-9-5(6)15-4/h1H3. The van der Waals surface area contributed by atoms with Crippen LogP contribution < -0.4 is 4.84 Å². The zero-order valence-electron chi connectivity index (χ0n) is 7.29. The van der Waals surface area contributed by atoms with E-state index in [0.717, 1.165) is 4.96 Å². The third kappa shape index (κ3) is 2.33. The molecule has 2 aromatic heterocycles. The molecule has 0 N–H and O–H groups in total. The molecule has 0 fully saturated rings. The predicted octanol–water partition coefficient (Wildman–Crippen LogP) is -0.0708. The van der Waals surface area contributed by atoms with Gasteiger partial charge in [-0.1, -0.05) is 16.4 Å². The molecule has 2 heterocycles. The third-order valence-corrected chi connectivity index (χ3v) is 2.55. The van der Waals surface area contributed by atoms with E-state index in [4.69, 9.17) is 0 Å². The summed E-state index contributed by atoms with van der Waals surface area (Å²) in [6, 6.07) is 0. The van der Waals surface area contributed by atoms with E-state index in [2.05, 4.69) is 46.4 Å². The van der Waals surface area contributed by atoms with E-state index in [9.17, 15) is 4.79 Å². The van der Waals surface area contributed by atoms with E-state index in [1.165, 1.54) is 18.3 Å². The van der Waals surface area contributed by atoms with Gasteiger partial charge in [0.2, 0.25) is 5.82 Å². The van der Waals surface area contributed by atoms with Crippen LogP contribution in [0.2, 0.25) is 0 Å². The second-order valence-corrected chi connectivity index (χ2v) is 4.56. The van der Waals surface area contributed by atoms with Gasteiger partial charge in [0.25, 0.3) is 0 Å². The Balaban J connectivity index is 2.23. The molecule has 0 spiro atoms. The van der Waals surface area contributed by atoms with Crippen LogP contribution in [0.25, 0.3) is 10.8 Å². The summed E-state index contributed by atoms with van der Waals surface area (Å²) in [6.45, 7) is 1.24. The summed E-state index contributed by atoms with van der Waals surface area (Å²) in [5.74, 6) is -0.281. The average Bonchev–Trinajstić information content (AvgIpc) is 2.72. The van der Waals surface area contributed by atoms with Gasteiger partial charge in [0, 0.05) is 11.9 Å². The first-order chi connectivity index (χ1) is 7.15. The van der Waals surface area contributed by atoms with Gasteiger partial charge in [-0.05, 0) is 21.1 Å². The first kappa shape index (κ1) is 10.1. The number of hydrogen-bond donors (Lipinski definition) is 0. The maximum atomic E-state index is 10.6. The topological polar surface area (TPSA) is 95.7 Å². The molecule has 0 radical (unpaired) electrons. The molecule has 78 valence electrons. The van der Waals surface area contributed by atoms with Gasteiger partial charge in [0.15, 0.2) is 8.92 Å². The molecule has 0 aliphatic rings. The predicted molar refractivity (Wildman–Crippen MR) is 51.7 cm³/mol. The van der Waals surface area contributed by atoms with E-state index >= 15 is 0 Å². The van der Waals surface area contributed by atoms with Crippen molar-refractivity contribution >= 4 is 33.2 Å². The number of nitrogens with zero attached hydrogens (tertiary/aromatic N) is 6. The van der Waals surface area contributed by atoms with Crippen LogP contribution in [0, 0.1) is 0 Å². The Bertz CT molecular complexity index is 495. The number of rotatable bonds is 2. The molecule has 10 heteroatoms. The molecule has 0 aromatic carbocycles. The van der Waals surface area contributed by atoms with Crippen LogP contribution in [0.4, 0.5) is 0 Å². The van der Waals surface area contributed by atoms with Crippen molar-refractivity contribution in [3.05, 3.63) is 3.92 Å². The van der Waals surface area contributed by atoms with Crippen molar-refractivity contribution in [2.75, 3.05) is 0 Å². The Hall–Kier alpha value is -1.42. The van der Waals surface area contributed by atoms with Crippen molar-refractivity contribution in [2.45, 2.75) is 6.92 Å². The van der Waals surface area contributed by atoms with Gasteiger partial charge in [0.1, 0.15) is 0 Å². The van der Waals surface area contributed by atoms with Crippen LogP contribution in [0.3, 0.4) is 0 Å². The van der Waals surface area contributed by atoms with Crippen LogP contribution in [0.15, 0.2) is 3.92 Å². The van der Waals surface area contributed by atoms with Crippen molar-refractivity contribution in [3.63, 3.8) is 0 Å². The van der Waals surface area contributed by atoms with E-state index in [1.54, 1.807) is 0 Å². The highest BCUT2D eigenvalue weighted by molar-refractivity contribution is 9.11. The summed E-state index contributed by atoms with van der Waals surface area (Å²) >= 11 is 4.40. The lowest BCUT2D eigenvalue weighted by Crippen LogP contribution is -2.19.